The Labute approximate surface area is 161 Å². The van der Waals surface area contributed by atoms with E-state index in [2.05, 4.69) is 26.6 Å². The van der Waals surface area contributed by atoms with Crippen LogP contribution >= 0.6 is 15.9 Å². The molecule has 6 nitrogen and oxygen atoms in total. The monoisotopic (exact) mass is 419 g/mol. The predicted molar refractivity (Wildman–Crippen MR) is 106 cm³/mol. The fourth-order valence-corrected chi connectivity index (χ4v) is 2.53. The Morgan fingerprint density at radius 2 is 1.88 bits per heavy atom. The van der Waals surface area contributed by atoms with Gasteiger partial charge in [0.05, 0.1) is 11.4 Å². The second-order valence-corrected chi connectivity index (χ2v) is 7.66. The van der Waals surface area contributed by atoms with Crippen molar-refractivity contribution in [3.63, 3.8) is 0 Å². The summed E-state index contributed by atoms with van der Waals surface area (Å²) in [5, 5.41) is 5.45. The van der Waals surface area contributed by atoms with E-state index in [1.54, 1.807) is 57.2 Å². The summed E-state index contributed by atoms with van der Waals surface area (Å²) in [4.78, 5) is 24.2. The molecule has 4 N–H and O–H groups in total. The van der Waals surface area contributed by atoms with E-state index in [9.17, 15) is 9.59 Å². The summed E-state index contributed by atoms with van der Waals surface area (Å²) in [6.45, 7) is 5.65. The Hall–Kier alpha value is -2.54. The van der Waals surface area contributed by atoms with Gasteiger partial charge in [-0.25, -0.2) is 4.79 Å². The van der Waals surface area contributed by atoms with Crippen molar-refractivity contribution in [1.29, 1.82) is 0 Å². The van der Waals surface area contributed by atoms with Crippen molar-refractivity contribution >= 4 is 39.3 Å². The number of carbonyl (C=O) groups is 2. The molecule has 26 heavy (non-hydrogen) atoms. The summed E-state index contributed by atoms with van der Waals surface area (Å²) in [5.41, 5.74) is 7.60. The highest BCUT2D eigenvalue weighted by Gasteiger charge is 2.16. The molecule has 0 unspecified atom stereocenters. The van der Waals surface area contributed by atoms with Gasteiger partial charge in [-0.05, 0) is 56.7 Å². The molecule has 0 radical (unpaired) electrons. The zero-order chi connectivity index (χ0) is 19.3. The number of halogens is 1. The van der Waals surface area contributed by atoms with E-state index in [4.69, 9.17) is 10.5 Å². The molecule has 2 rings (SSSR count). The molecule has 2 amide bonds. The third-order valence-electron chi connectivity index (χ3n) is 3.29. The van der Waals surface area contributed by atoms with Gasteiger partial charge in [-0.1, -0.05) is 28.1 Å². The van der Waals surface area contributed by atoms with Gasteiger partial charge >= 0.3 is 6.09 Å². The minimum Gasteiger partial charge on any atom is -0.444 e. The Balaban J connectivity index is 2.01. The number of nitrogens with one attached hydrogen (secondary N) is 2. The normalized spacial score (nSPS) is 10.9. The zero-order valence-electron chi connectivity index (χ0n) is 14.9. The topological polar surface area (TPSA) is 93.4 Å². The molecule has 7 heteroatoms. The zero-order valence-corrected chi connectivity index (χ0v) is 16.5. The quantitative estimate of drug-likeness (QED) is 0.643. The van der Waals surface area contributed by atoms with Crippen molar-refractivity contribution in [2.24, 2.45) is 0 Å². The van der Waals surface area contributed by atoms with Gasteiger partial charge < -0.3 is 21.1 Å². The second kappa shape index (κ2) is 8.23. The van der Waals surface area contributed by atoms with E-state index in [0.29, 0.717) is 16.9 Å². The molecule has 0 saturated carbocycles. The summed E-state index contributed by atoms with van der Waals surface area (Å²) in [6.07, 6.45) is -0.505. The average molecular weight is 420 g/mol. The number of hydrogen-bond acceptors (Lipinski definition) is 4. The lowest BCUT2D eigenvalue weighted by Gasteiger charge is -2.19. The molecule has 0 aliphatic rings. The Morgan fingerprint density at radius 3 is 2.54 bits per heavy atom. The first-order chi connectivity index (χ1) is 12.1. The van der Waals surface area contributed by atoms with Gasteiger partial charge in [-0.2, -0.15) is 0 Å². The van der Waals surface area contributed by atoms with Crippen molar-refractivity contribution in [2.75, 3.05) is 11.1 Å². The van der Waals surface area contributed by atoms with Crippen LogP contribution in [0.3, 0.4) is 0 Å². The molecule has 0 heterocycles. The molecule has 0 saturated heterocycles. The van der Waals surface area contributed by atoms with Gasteiger partial charge in [0.2, 0.25) is 0 Å². The minimum atomic E-state index is -0.559. The van der Waals surface area contributed by atoms with Crippen molar-refractivity contribution < 1.29 is 14.3 Å². The Kier molecular flexibility index (Phi) is 6.26. The first-order valence-corrected chi connectivity index (χ1v) is 8.85. The highest BCUT2D eigenvalue weighted by molar-refractivity contribution is 9.10. The fraction of sp³-hybridized carbons (Fsp3) is 0.263. The van der Waals surface area contributed by atoms with E-state index in [1.807, 2.05) is 6.07 Å². The number of rotatable bonds is 4. The van der Waals surface area contributed by atoms with Gasteiger partial charge in [0, 0.05) is 16.6 Å². The lowest BCUT2D eigenvalue weighted by atomic mass is 10.1. The minimum absolute atomic E-state index is 0.260. The van der Waals surface area contributed by atoms with E-state index >= 15 is 0 Å². The van der Waals surface area contributed by atoms with Crippen molar-refractivity contribution in [3.8, 4) is 0 Å². The smallest absolute Gasteiger partial charge is 0.407 e. The largest absolute Gasteiger partial charge is 0.444 e. The maximum Gasteiger partial charge on any atom is 0.407 e. The second-order valence-electron chi connectivity index (χ2n) is 6.74. The molecule has 2 aromatic rings. The van der Waals surface area contributed by atoms with Crippen LogP contribution in [-0.2, 0) is 11.3 Å². The molecule has 0 aliphatic carbocycles. The molecule has 0 aliphatic heterocycles. The average Bonchev–Trinajstić information content (AvgIpc) is 2.54. The molecular formula is C19H22BrN3O3. The summed E-state index contributed by atoms with van der Waals surface area (Å²) in [6, 6.07) is 12.2. The first-order valence-electron chi connectivity index (χ1n) is 8.06. The number of ether oxygens (including phenoxy) is 1. The van der Waals surface area contributed by atoms with Crippen molar-refractivity contribution in [2.45, 2.75) is 32.9 Å². The van der Waals surface area contributed by atoms with E-state index in [-0.39, 0.29) is 12.5 Å². The van der Waals surface area contributed by atoms with E-state index in [0.717, 1.165) is 10.0 Å². The van der Waals surface area contributed by atoms with Crippen LogP contribution < -0.4 is 16.4 Å². The van der Waals surface area contributed by atoms with Gasteiger partial charge in [0.1, 0.15) is 5.60 Å². The van der Waals surface area contributed by atoms with Crippen LogP contribution in [0.2, 0.25) is 0 Å². The summed E-state index contributed by atoms with van der Waals surface area (Å²) >= 11 is 3.33. The standard InChI is InChI=1S/C19H22BrN3O3/c1-19(2,3)26-18(25)22-11-12-5-4-6-13(9-12)17(24)23-16-8-7-14(20)10-15(16)21/h4-10H,11,21H2,1-3H3,(H,22,25)(H,23,24). The third kappa shape index (κ3) is 6.07. The maximum atomic E-state index is 12.4. The molecule has 138 valence electrons. The van der Waals surface area contributed by atoms with Crippen molar-refractivity contribution in [3.05, 3.63) is 58.1 Å². The lowest BCUT2D eigenvalue weighted by molar-refractivity contribution is 0.0523. The number of carbonyl (C=O) groups excluding carboxylic acids is 2. The highest BCUT2D eigenvalue weighted by atomic mass is 79.9. The predicted octanol–water partition coefficient (Wildman–Crippen LogP) is 4.31. The van der Waals surface area contributed by atoms with Crippen LogP contribution in [0.1, 0.15) is 36.7 Å². The maximum absolute atomic E-state index is 12.4. The number of alkyl carbamates (subject to hydrolysis) is 1. The van der Waals surface area contributed by atoms with Gasteiger partial charge in [-0.3, -0.25) is 4.79 Å². The van der Waals surface area contributed by atoms with E-state index < -0.39 is 11.7 Å². The first kappa shape index (κ1) is 19.8. The van der Waals surface area contributed by atoms with Crippen molar-refractivity contribution in [1.82, 2.24) is 5.32 Å². The summed E-state index contributed by atoms with van der Waals surface area (Å²) < 4.78 is 6.03. The lowest BCUT2D eigenvalue weighted by Crippen LogP contribution is -2.32. The number of benzene rings is 2. The van der Waals surface area contributed by atoms with Crippen LogP contribution in [0, 0.1) is 0 Å². The molecular weight excluding hydrogens is 398 g/mol. The van der Waals surface area contributed by atoms with Crippen LogP contribution in [-0.4, -0.2) is 17.6 Å². The Morgan fingerprint density at radius 1 is 1.15 bits per heavy atom. The van der Waals surface area contributed by atoms with Gasteiger partial charge in [-0.15, -0.1) is 0 Å². The van der Waals surface area contributed by atoms with Crippen LogP contribution in [0.15, 0.2) is 46.9 Å². The molecule has 0 bridgehead atoms. The molecule has 0 spiro atoms. The molecule has 2 aromatic carbocycles. The number of anilines is 2. The number of hydrogen-bond donors (Lipinski definition) is 3. The number of amides is 2. The molecule has 0 aromatic heterocycles. The SMILES string of the molecule is CC(C)(C)OC(=O)NCc1cccc(C(=O)Nc2ccc(Br)cc2N)c1. The Bertz CT molecular complexity index is 816. The van der Waals surface area contributed by atoms with E-state index in [1.165, 1.54) is 0 Å². The summed E-state index contributed by atoms with van der Waals surface area (Å²) in [7, 11) is 0. The highest BCUT2D eigenvalue weighted by Crippen LogP contribution is 2.23. The van der Waals surface area contributed by atoms with Crippen LogP contribution in [0.5, 0.6) is 0 Å². The number of nitrogens with two attached hydrogens (primary N) is 1. The third-order valence-corrected chi connectivity index (χ3v) is 3.78. The van der Waals surface area contributed by atoms with Gasteiger partial charge in [0.15, 0.2) is 0 Å². The fourth-order valence-electron chi connectivity index (χ4n) is 2.15. The molecule has 0 fully saturated rings. The summed E-state index contributed by atoms with van der Waals surface area (Å²) in [5.74, 6) is -0.279. The van der Waals surface area contributed by atoms with Crippen LogP contribution in [0.4, 0.5) is 16.2 Å². The van der Waals surface area contributed by atoms with Gasteiger partial charge in [0.25, 0.3) is 5.91 Å². The number of nitrogen functional groups attached to an aromatic ring is 1. The molecule has 0 atom stereocenters. The van der Waals surface area contributed by atoms with Crippen LogP contribution in [0.25, 0.3) is 0 Å².